The van der Waals surface area contributed by atoms with Crippen molar-refractivity contribution in [2.24, 2.45) is 0 Å². The molecule has 2 nitrogen and oxygen atoms in total. The second kappa shape index (κ2) is 9.69. The quantitative estimate of drug-likeness (QED) is 0.195. The number of nitrogens with zero attached hydrogens (tertiary/aromatic N) is 2. The zero-order valence-electron chi connectivity index (χ0n) is 25.1. The van der Waals surface area contributed by atoms with E-state index in [9.17, 15) is 0 Å². The Morgan fingerprint density at radius 3 is 1.63 bits per heavy atom. The topological polar surface area (TPSA) is 9.86 Å². The van der Waals surface area contributed by atoms with Crippen molar-refractivity contribution in [3.8, 4) is 22.5 Å². The summed E-state index contributed by atoms with van der Waals surface area (Å²) in [6.07, 6.45) is 0. The van der Waals surface area contributed by atoms with E-state index in [2.05, 4.69) is 179 Å². The van der Waals surface area contributed by atoms with E-state index in [1.54, 1.807) is 0 Å². The highest BCUT2D eigenvalue weighted by Gasteiger charge is 2.25. The van der Waals surface area contributed by atoms with E-state index in [0.29, 0.717) is 0 Å². The van der Waals surface area contributed by atoms with Crippen molar-refractivity contribution in [3.63, 3.8) is 0 Å². The van der Waals surface area contributed by atoms with Crippen LogP contribution in [0.25, 0.3) is 87.7 Å². The average molecular weight is 585 g/mol. The summed E-state index contributed by atoms with van der Waals surface area (Å²) in [6, 6.07) is 61.8. The van der Waals surface area contributed by atoms with E-state index in [4.69, 9.17) is 0 Å². The Labute approximate surface area is 266 Å². The molecule has 0 aliphatic heterocycles. The van der Waals surface area contributed by atoms with Gasteiger partial charge in [0.05, 0.1) is 22.1 Å². The molecule has 0 unspecified atom stereocenters. The van der Waals surface area contributed by atoms with E-state index >= 15 is 0 Å². The van der Waals surface area contributed by atoms with Crippen molar-refractivity contribution >= 4 is 65.2 Å². The first-order valence-electron chi connectivity index (χ1n) is 15.9. The van der Waals surface area contributed by atoms with Crippen LogP contribution in [-0.4, -0.2) is 9.13 Å². The lowest BCUT2D eigenvalue weighted by Gasteiger charge is -2.13. The lowest BCUT2D eigenvalue weighted by Crippen LogP contribution is -1.96. The molecule has 0 N–H and O–H groups in total. The van der Waals surface area contributed by atoms with Crippen LogP contribution in [0.2, 0.25) is 0 Å². The molecule has 0 saturated carbocycles. The van der Waals surface area contributed by atoms with Gasteiger partial charge in [0.15, 0.2) is 0 Å². The van der Waals surface area contributed by atoms with Gasteiger partial charge in [-0.15, -0.1) is 0 Å². The van der Waals surface area contributed by atoms with Crippen LogP contribution in [0.5, 0.6) is 0 Å². The first-order valence-corrected chi connectivity index (χ1v) is 15.9. The highest BCUT2D eigenvalue weighted by molar-refractivity contribution is 6.39. The molecule has 214 valence electrons. The molecule has 0 amide bonds. The zero-order chi connectivity index (χ0) is 30.2. The molecule has 0 spiro atoms. The van der Waals surface area contributed by atoms with Crippen molar-refractivity contribution in [3.05, 3.63) is 170 Å². The highest BCUT2D eigenvalue weighted by Crippen LogP contribution is 2.48. The van der Waals surface area contributed by atoms with Crippen LogP contribution in [0.15, 0.2) is 170 Å². The molecule has 0 aliphatic rings. The van der Waals surface area contributed by atoms with Crippen molar-refractivity contribution in [2.75, 3.05) is 0 Å². The average Bonchev–Trinajstić information content (AvgIpc) is 3.67. The molecule has 10 rings (SSSR count). The lowest BCUT2D eigenvalue weighted by atomic mass is 9.97. The lowest BCUT2D eigenvalue weighted by molar-refractivity contribution is 1.18. The van der Waals surface area contributed by atoms with Gasteiger partial charge in [0.1, 0.15) is 0 Å². The van der Waals surface area contributed by atoms with Crippen molar-refractivity contribution in [1.29, 1.82) is 0 Å². The maximum atomic E-state index is 2.50. The van der Waals surface area contributed by atoms with E-state index < -0.39 is 0 Å². The van der Waals surface area contributed by atoms with Crippen LogP contribution in [0.1, 0.15) is 0 Å². The molecule has 0 fully saturated rings. The predicted octanol–water partition coefficient (Wildman–Crippen LogP) is 11.9. The standard InChI is InChI=1S/C44H28N2/c1-3-13-29(14-4-1)30-23-26-33(27-24-30)45-38-22-12-11-21-37(38)42-43(45)36-20-10-9-19-35(36)41-40-34-18-8-7-15-31(34)25-28-39(40)46(44(41)42)32-16-5-2-6-17-32/h1-28H. The Morgan fingerprint density at radius 2 is 0.848 bits per heavy atom. The summed E-state index contributed by atoms with van der Waals surface area (Å²) in [5.74, 6) is 0. The van der Waals surface area contributed by atoms with Gasteiger partial charge >= 0.3 is 0 Å². The maximum Gasteiger partial charge on any atom is 0.0648 e. The van der Waals surface area contributed by atoms with Gasteiger partial charge in [0, 0.05) is 38.3 Å². The number of aromatic nitrogens is 2. The summed E-state index contributed by atoms with van der Waals surface area (Å²) in [4.78, 5) is 0. The molecule has 2 heterocycles. The molecule has 8 aromatic carbocycles. The predicted molar refractivity (Wildman–Crippen MR) is 196 cm³/mol. The molecule has 0 radical (unpaired) electrons. The van der Waals surface area contributed by atoms with E-state index in [-0.39, 0.29) is 0 Å². The fraction of sp³-hybridized carbons (Fsp3) is 0. The summed E-state index contributed by atoms with van der Waals surface area (Å²) in [5, 5.41) is 10.2. The third kappa shape index (κ3) is 3.47. The van der Waals surface area contributed by atoms with Crippen molar-refractivity contribution in [2.45, 2.75) is 0 Å². The number of hydrogen-bond acceptors (Lipinski definition) is 0. The number of fused-ring (bicyclic) bond motifs is 12. The minimum atomic E-state index is 1.16. The second-order valence-corrected chi connectivity index (χ2v) is 12.1. The largest absolute Gasteiger partial charge is 0.309 e. The smallest absolute Gasteiger partial charge is 0.0648 e. The molecule has 10 aromatic rings. The molecular weight excluding hydrogens is 556 g/mol. The Morgan fingerprint density at radius 1 is 0.283 bits per heavy atom. The number of rotatable bonds is 3. The fourth-order valence-corrected chi connectivity index (χ4v) is 7.75. The molecule has 46 heavy (non-hydrogen) atoms. The fourth-order valence-electron chi connectivity index (χ4n) is 7.75. The molecule has 2 aromatic heterocycles. The number of benzene rings is 8. The number of hydrogen-bond donors (Lipinski definition) is 0. The van der Waals surface area contributed by atoms with Crippen molar-refractivity contribution < 1.29 is 0 Å². The van der Waals surface area contributed by atoms with Gasteiger partial charge in [-0.1, -0.05) is 133 Å². The van der Waals surface area contributed by atoms with Crippen LogP contribution < -0.4 is 0 Å². The van der Waals surface area contributed by atoms with Gasteiger partial charge in [-0.2, -0.15) is 0 Å². The Kier molecular flexibility index (Phi) is 5.31. The molecule has 0 saturated heterocycles. The van der Waals surface area contributed by atoms with Crippen LogP contribution in [0.3, 0.4) is 0 Å². The van der Waals surface area contributed by atoms with Crippen LogP contribution in [0.4, 0.5) is 0 Å². The van der Waals surface area contributed by atoms with E-state index in [1.165, 1.54) is 82.0 Å². The zero-order valence-corrected chi connectivity index (χ0v) is 25.1. The number of para-hydroxylation sites is 2. The summed E-state index contributed by atoms with van der Waals surface area (Å²) >= 11 is 0. The third-order valence-electron chi connectivity index (χ3n) is 9.67. The van der Waals surface area contributed by atoms with Gasteiger partial charge in [0.25, 0.3) is 0 Å². The van der Waals surface area contributed by atoms with Gasteiger partial charge in [-0.05, 0) is 63.7 Å². The summed E-state index contributed by atoms with van der Waals surface area (Å²) in [7, 11) is 0. The first-order chi connectivity index (χ1) is 22.9. The molecule has 0 atom stereocenters. The summed E-state index contributed by atoms with van der Waals surface area (Å²) in [6.45, 7) is 0. The molecule has 0 bridgehead atoms. The van der Waals surface area contributed by atoms with Crippen LogP contribution >= 0.6 is 0 Å². The Balaban J connectivity index is 1.45. The van der Waals surface area contributed by atoms with E-state index in [1.807, 2.05) is 0 Å². The molecule has 0 aliphatic carbocycles. The van der Waals surface area contributed by atoms with E-state index in [0.717, 1.165) is 5.69 Å². The normalized spacial score (nSPS) is 11.9. The maximum absolute atomic E-state index is 2.50. The van der Waals surface area contributed by atoms with Gasteiger partial charge in [0.2, 0.25) is 0 Å². The Hall–Kier alpha value is -6.12. The monoisotopic (exact) mass is 584 g/mol. The summed E-state index contributed by atoms with van der Waals surface area (Å²) in [5.41, 5.74) is 9.68. The Bertz CT molecular complexity index is 2770. The SMILES string of the molecule is c1ccc(-c2ccc(-n3c4ccccc4c4c3c3ccccc3c3c5c6ccccc6ccc5n(-c5ccccc5)c34)cc2)cc1. The summed E-state index contributed by atoms with van der Waals surface area (Å²) < 4.78 is 4.98. The van der Waals surface area contributed by atoms with Crippen LogP contribution in [-0.2, 0) is 0 Å². The molecule has 2 heteroatoms. The minimum absolute atomic E-state index is 1.16. The minimum Gasteiger partial charge on any atom is -0.309 e. The first kappa shape index (κ1) is 25.2. The van der Waals surface area contributed by atoms with Gasteiger partial charge in [-0.25, -0.2) is 0 Å². The third-order valence-corrected chi connectivity index (χ3v) is 9.67. The van der Waals surface area contributed by atoms with Crippen LogP contribution in [0, 0.1) is 0 Å². The van der Waals surface area contributed by atoms with Gasteiger partial charge in [-0.3, -0.25) is 0 Å². The second-order valence-electron chi connectivity index (χ2n) is 12.1. The van der Waals surface area contributed by atoms with Gasteiger partial charge < -0.3 is 9.13 Å². The highest BCUT2D eigenvalue weighted by atomic mass is 15.0. The molecular formula is C44H28N2. The van der Waals surface area contributed by atoms with Crippen molar-refractivity contribution in [1.82, 2.24) is 9.13 Å².